The van der Waals surface area contributed by atoms with E-state index in [4.69, 9.17) is 14.2 Å². The van der Waals surface area contributed by atoms with E-state index >= 15 is 0 Å². The Morgan fingerprint density at radius 1 is 1.00 bits per heavy atom. The maximum absolute atomic E-state index is 12.4. The lowest BCUT2D eigenvalue weighted by Gasteiger charge is -2.31. The monoisotopic (exact) mass is 468 g/mol. The molecule has 1 aromatic heterocycles. The van der Waals surface area contributed by atoms with Gasteiger partial charge in [0.2, 0.25) is 0 Å². The number of hydrogen-bond donors (Lipinski definition) is 0. The molecule has 1 amide bonds. The van der Waals surface area contributed by atoms with Gasteiger partial charge in [-0.15, -0.1) is 0 Å². The summed E-state index contributed by atoms with van der Waals surface area (Å²) in [4.78, 5) is 26.4. The zero-order valence-corrected chi connectivity index (χ0v) is 21.6. The maximum Gasteiger partial charge on any atom is 0.410 e. The predicted octanol–water partition coefficient (Wildman–Crippen LogP) is 5.10. The second-order valence-corrected chi connectivity index (χ2v) is 9.77. The molecule has 7 heteroatoms. The maximum atomic E-state index is 12.4. The molecule has 0 N–H and O–H groups in total. The van der Waals surface area contributed by atoms with Crippen LogP contribution in [-0.2, 0) is 11.8 Å². The number of hydrogen-bond acceptors (Lipinski definition) is 5. The van der Waals surface area contributed by atoms with Crippen LogP contribution in [0.4, 0.5) is 4.79 Å². The van der Waals surface area contributed by atoms with Gasteiger partial charge >= 0.3 is 6.09 Å². The number of likely N-dealkylation sites (tertiary alicyclic amines) is 1. The Bertz CT molecular complexity index is 1140. The van der Waals surface area contributed by atoms with Crippen LogP contribution in [0.25, 0.3) is 17.2 Å². The number of aryl methyl sites for hydroxylation is 1. The molecular weight excluding hydrogens is 432 g/mol. The summed E-state index contributed by atoms with van der Waals surface area (Å²) in [5.41, 5.74) is 5.13. The predicted molar refractivity (Wildman–Crippen MR) is 135 cm³/mol. The van der Waals surface area contributed by atoms with Gasteiger partial charge in [0.1, 0.15) is 17.1 Å². The number of carbonyl (C=O) groups excluding carboxylic acids is 1. The molecule has 2 heterocycles. The third-order valence-electron chi connectivity index (χ3n) is 6.19. The van der Waals surface area contributed by atoms with Crippen molar-refractivity contribution in [2.45, 2.75) is 53.1 Å². The van der Waals surface area contributed by atoms with Gasteiger partial charge in [-0.2, -0.15) is 0 Å². The fourth-order valence-electron chi connectivity index (χ4n) is 4.16. The van der Waals surface area contributed by atoms with Crippen molar-refractivity contribution in [1.82, 2.24) is 9.47 Å². The molecule has 0 radical (unpaired) electrons. The van der Waals surface area contributed by atoms with Crippen LogP contribution in [-0.4, -0.2) is 48.5 Å². The Kier molecular flexibility index (Phi) is 7.44. The van der Waals surface area contributed by atoms with E-state index in [1.54, 1.807) is 30.7 Å². The molecule has 0 spiro atoms. The number of ether oxygens (including phenoxy) is 3. The van der Waals surface area contributed by atoms with Crippen LogP contribution in [0.15, 0.2) is 28.7 Å². The average molecular weight is 469 g/mol. The normalized spacial score (nSPS) is 14.1. The fraction of sp³-hybridized carbons (Fsp3) is 0.481. The van der Waals surface area contributed by atoms with Crippen LogP contribution in [0.5, 0.6) is 11.5 Å². The number of rotatable bonds is 4. The molecule has 0 saturated carbocycles. The number of carbonyl (C=O) groups is 1. The Labute approximate surface area is 201 Å². The van der Waals surface area contributed by atoms with Crippen molar-refractivity contribution in [1.29, 1.82) is 0 Å². The van der Waals surface area contributed by atoms with E-state index in [0.29, 0.717) is 24.6 Å². The van der Waals surface area contributed by atoms with Gasteiger partial charge in [-0.1, -0.05) is 5.57 Å². The lowest BCUT2D eigenvalue weighted by Crippen LogP contribution is -2.40. The van der Waals surface area contributed by atoms with E-state index in [0.717, 1.165) is 40.7 Å². The molecule has 3 rings (SSSR count). The summed E-state index contributed by atoms with van der Waals surface area (Å²) in [7, 11) is 5.05. The van der Waals surface area contributed by atoms with Gasteiger partial charge in [-0.25, -0.2) is 4.79 Å². The summed E-state index contributed by atoms with van der Waals surface area (Å²) < 4.78 is 18.6. The van der Waals surface area contributed by atoms with E-state index in [2.05, 4.69) is 6.08 Å². The van der Waals surface area contributed by atoms with Crippen molar-refractivity contribution >= 4 is 12.2 Å². The standard InChI is InChI=1S/C27H36N2O5/c1-17-18(2)25(30)28(6)16-22(17)20-14-23(32-7)21(24(15-20)33-8)13-19-9-11-29(12-10-19)26(31)34-27(3,4)5/h13-16H,9-12H2,1-8H3. The number of pyridine rings is 1. The number of nitrogens with zero attached hydrogens (tertiary/aromatic N) is 2. The molecule has 0 unspecified atom stereocenters. The van der Waals surface area contributed by atoms with Gasteiger partial charge in [0, 0.05) is 37.5 Å². The van der Waals surface area contributed by atoms with E-state index in [1.807, 2.05) is 52.9 Å². The van der Waals surface area contributed by atoms with Crippen LogP contribution in [0.3, 0.4) is 0 Å². The van der Waals surface area contributed by atoms with E-state index in [1.165, 1.54) is 5.57 Å². The zero-order chi connectivity index (χ0) is 25.2. The molecule has 34 heavy (non-hydrogen) atoms. The highest BCUT2D eigenvalue weighted by molar-refractivity contribution is 5.77. The van der Waals surface area contributed by atoms with E-state index < -0.39 is 5.60 Å². The van der Waals surface area contributed by atoms with Crippen molar-refractivity contribution < 1.29 is 19.0 Å². The SMILES string of the molecule is COc1cc(-c2cn(C)c(=O)c(C)c2C)cc(OC)c1C=C1CCN(C(=O)OC(C)(C)C)CC1. The minimum absolute atomic E-state index is 0.000688. The minimum Gasteiger partial charge on any atom is -0.496 e. The molecule has 0 bridgehead atoms. The first-order valence-corrected chi connectivity index (χ1v) is 11.6. The number of amides is 1. The van der Waals surface area contributed by atoms with Gasteiger partial charge < -0.3 is 23.7 Å². The molecule has 0 aliphatic carbocycles. The van der Waals surface area contributed by atoms with Crippen molar-refractivity contribution in [3.8, 4) is 22.6 Å². The van der Waals surface area contributed by atoms with Gasteiger partial charge in [0.15, 0.2) is 0 Å². The largest absolute Gasteiger partial charge is 0.496 e. The summed E-state index contributed by atoms with van der Waals surface area (Å²) in [6, 6.07) is 3.97. The molecule has 7 nitrogen and oxygen atoms in total. The molecule has 1 fully saturated rings. The van der Waals surface area contributed by atoms with Crippen LogP contribution in [0.2, 0.25) is 0 Å². The second-order valence-electron chi connectivity index (χ2n) is 9.77. The van der Waals surface area contributed by atoms with Crippen molar-refractivity contribution in [3.05, 3.63) is 50.9 Å². The lowest BCUT2D eigenvalue weighted by molar-refractivity contribution is 0.0237. The lowest BCUT2D eigenvalue weighted by atomic mass is 9.95. The van der Waals surface area contributed by atoms with Gasteiger partial charge in [0.05, 0.1) is 19.8 Å². The van der Waals surface area contributed by atoms with Crippen LogP contribution in [0, 0.1) is 13.8 Å². The molecular formula is C27H36N2O5. The summed E-state index contributed by atoms with van der Waals surface area (Å²) in [5, 5.41) is 0. The zero-order valence-electron chi connectivity index (χ0n) is 21.6. The Morgan fingerprint density at radius 3 is 2.06 bits per heavy atom. The van der Waals surface area contributed by atoms with Crippen molar-refractivity contribution in [2.75, 3.05) is 27.3 Å². The number of methoxy groups -OCH3 is 2. The molecule has 0 atom stereocenters. The van der Waals surface area contributed by atoms with E-state index in [-0.39, 0.29) is 11.7 Å². The molecule has 1 saturated heterocycles. The highest BCUT2D eigenvalue weighted by Crippen LogP contribution is 2.38. The first-order chi connectivity index (χ1) is 15.9. The Morgan fingerprint density at radius 2 is 1.56 bits per heavy atom. The molecule has 184 valence electrons. The highest BCUT2D eigenvalue weighted by atomic mass is 16.6. The van der Waals surface area contributed by atoms with Crippen molar-refractivity contribution in [2.24, 2.45) is 7.05 Å². The number of piperidine rings is 1. The first kappa shape index (κ1) is 25.4. The first-order valence-electron chi connectivity index (χ1n) is 11.6. The summed E-state index contributed by atoms with van der Waals surface area (Å²) in [5.74, 6) is 1.39. The summed E-state index contributed by atoms with van der Waals surface area (Å²) in [6.07, 6.45) is 5.20. The van der Waals surface area contributed by atoms with E-state index in [9.17, 15) is 9.59 Å². The van der Waals surface area contributed by atoms with Crippen LogP contribution >= 0.6 is 0 Å². The fourth-order valence-corrected chi connectivity index (χ4v) is 4.16. The van der Waals surface area contributed by atoms with Gasteiger partial charge in [-0.05, 0) is 76.8 Å². The average Bonchev–Trinajstić information content (AvgIpc) is 2.79. The Balaban J connectivity index is 1.92. The minimum atomic E-state index is -0.502. The number of benzene rings is 1. The van der Waals surface area contributed by atoms with Gasteiger partial charge in [-0.3, -0.25) is 4.79 Å². The summed E-state index contributed by atoms with van der Waals surface area (Å²) >= 11 is 0. The number of aromatic nitrogens is 1. The molecule has 1 aromatic carbocycles. The smallest absolute Gasteiger partial charge is 0.410 e. The topological polar surface area (TPSA) is 70.0 Å². The third kappa shape index (κ3) is 5.46. The quantitative estimate of drug-likeness (QED) is 0.624. The van der Waals surface area contributed by atoms with Crippen LogP contribution < -0.4 is 15.0 Å². The van der Waals surface area contributed by atoms with Gasteiger partial charge in [0.25, 0.3) is 5.56 Å². The van der Waals surface area contributed by atoms with Crippen molar-refractivity contribution in [3.63, 3.8) is 0 Å². The molecule has 2 aromatic rings. The second kappa shape index (κ2) is 9.95. The Hall–Kier alpha value is -3.22. The highest BCUT2D eigenvalue weighted by Gasteiger charge is 2.25. The third-order valence-corrected chi connectivity index (χ3v) is 6.19. The molecule has 1 aliphatic rings. The molecule has 1 aliphatic heterocycles. The van der Waals surface area contributed by atoms with Crippen LogP contribution in [0.1, 0.15) is 50.3 Å². The summed E-state index contributed by atoms with van der Waals surface area (Å²) in [6.45, 7) is 10.7.